The van der Waals surface area contributed by atoms with Crippen molar-refractivity contribution in [2.75, 3.05) is 19.7 Å². The number of carbonyl (C=O) groups excluding carboxylic acids is 1. The molecule has 2 aromatic rings. The van der Waals surface area contributed by atoms with Crippen LogP contribution in [0.5, 0.6) is 5.75 Å². The van der Waals surface area contributed by atoms with Gasteiger partial charge in [0.05, 0.1) is 24.4 Å². The summed E-state index contributed by atoms with van der Waals surface area (Å²) in [6.45, 7) is 5.29. The molecule has 1 aliphatic heterocycles. The SMILES string of the molecule is C.CCOc1cccn2c(C(=O)N[C@@H]3CNC[C@H]3O)c(C)nc12. The van der Waals surface area contributed by atoms with Gasteiger partial charge in [-0.25, -0.2) is 4.98 Å². The molecule has 3 heterocycles. The lowest BCUT2D eigenvalue weighted by molar-refractivity contribution is 0.0882. The number of ether oxygens (including phenoxy) is 1. The Morgan fingerprint density at radius 2 is 2.35 bits per heavy atom. The molecule has 0 aromatic carbocycles. The summed E-state index contributed by atoms with van der Waals surface area (Å²) in [6, 6.07) is 3.37. The van der Waals surface area contributed by atoms with Gasteiger partial charge in [0, 0.05) is 19.3 Å². The van der Waals surface area contributed by atoms with Crippen LogP contribution in [0.4, 0.5) is 0 Å². The van der Waals surface area contributed by atoms with Crippen molar-refractivity contribution in [3.63, 3.8) is 0 Å². The van der Waals surface area contributed by atoms with Gasteiger partial charge in [-0.3, -0.25) is 9.20 Å². The standard InChI is InChI=1S/C15H20N4O3.CH4/c1-3-22-12-5-4-6-19-13(9(2)17-14(12)19)15(21)18-10-7-16-8-11(10)20;/h4-6,10-11,16,20H,3,7-8H2,1-2H3,(H,18,21);1H4/t10-,11-;/m1./s1. The van der Waals surface area contributed by atoms with E-state index in [2.05, 4.69) is 15.6 Å². The third-order valence-electron chi connectivity index (χ3n) is 3.80. The van der Waals surface area contributed by atoms with E-state index >= 15 is 0 Å². The number of nitrogens with zero attached hydrogens (tertiary/aromatic N) is 2. The van der Waals surface area contributed by atoms with Gasteiger partial charge in [-0.1, -0.05) is 7.43 Å². The Kier molecular flexibility index (Phi) is 5.23. The molecule has 3 rings (SSSR count). The molecule has 0 unspecified atom stereocenters. The largest absolute Gasteiger partial charge is 0.490 e. The fraction of sp³-hybridized carbons (Fsp3) is 0.500. The van der Waals surface area contributed by atoms with Crippen LogP contribution in [0.15, 0.2) is 18.3 Å². The van der Waals surface area contributed by atoms with E-state index in [1.807, 2.05) is 19.1 Å². The summed E-state index contributed by atoms with van der Waals surface area (Å²) in [5.74, 6) is 0.404. The van der Waals surface area contributed by atoms with Crippen molar-refractivity contribution in [1.29, 1.82) is 0 Å². The maximum absolute atomic E-state index is 12.6. The second-order valence-electron chi connectivity index (χ2n) is 5.35. The number of aryl methyl sites for hydroxylation is 1. The van der Waals surface area contributed by atoms with Gasteiger partial charge in [0.15, 0.2) is 11.4 Å². The number of aliphatic hydroxyl groups is 1. The summed E-state index contributed by atoms with van der Waals surface area (Å²) in [4.78, 5) is 17.0. The van der Waals surface area contributed by atoms with Crippen LogP contribution in [0, 0.1) is 6.92 Å². The Hall–Kier alpha value is -2.12. The molecule has 0 radical (unpaired) electrons. The lowest BCUT2D eigenvalue weighted by Gasteiger charge is -2.15. The number of hydrogen-bond acceptors (Lipinski definition) is 5. The smallest absolute Gasteiger partial charge is 0.270 e. The highest BCUT2D eigenvalue weighted by molar-refractivity contribution is 5.95. The van der Waals surface area contributed by atoms with Crippen LogP contribution in [0.25, 0.3) is 5.65 Å². The number of β-amino-alcohol motifs (C(OH)–C–C–N with tert-alkyl or cyclic N) is 1. The maximum Gasteiger partial charge on any atom is 0.270 e. The van der Waals surface area contributed by atoms with Crippen molar-refractivity contribution < 1.29 is 14.6 Å². The highest BCUT2D eigenvalue weighted by Crippen LogP contribution is 2.22. The number of rotatable bonds is 4. The molecule has 1 fully saturated rings. The predicted molar refractivity (Wildman–Crippen MR) is 88.0 cm³/mol. The molecule has 1 aliphatic rings. The van der Waals surface area contributed by atoms with Crippen molar-refractivity contribution in [2.24, 2.45) is 0 Å². The summed E-state index contributed by atoms with van der Waals surface area (Å²) in [6.07, 6.45) is 1.22. The number of nitrogens with one attached hydrogen (secondary N) is 2. The number of imidazole rings is 1. The highest BCUT2D eigenvalue weighted by Gasteiger charge is 2.28. The van der Waals surface area contributed by atoms with Crippen LogP contribution < -0.4 is 15.4 Å². The number of amides is 1. The van der Waals surface area contributed by atoms with Gasteiger partial charge in [-0.05, 0) is 26.0 Å². The monoisotopic (exact) mass is 320 g/mol. The third-order valence-corrected chi connectivity index (χ3v) is 3.80. The minimum absolute atomic E-state index is 0. The summed E-state index contributed by atoms with van der Waals surface area (Å²) in [7, 11) is 0. The Morgan fingerprint density at radius 1 is 1.57 bits per heavy atom. The molecule has 0 saturated carbocycles. The number of aliphatic hydroxyl groups excluding tert-OH is 1. The van der Waals surface area contributed by atoms with Gasteiger partial charge >= 0.3 is 0 Å². The Balaban J connectivity index is 0.00000192. The van der Waals surface area contributed by atoms with Gasteiger partial charge in [0.2, 0.25) is 0 Å². The van der Waals surface area contributed by atoms with Crippen molar-refractivity contribution in [3.05, 3.63) is 29.7 Å². The fourth-order valence-electron chi connectivity index (χ4n) is 2.75. The van der Waals surface area contributed by atoms with Crippen LogP contribution in [-0.4, -0.2) is 52.2 Å². The number of hydrogen-bond donors (Lipinski definition) is 3. The maximum atomic E-state index is 12.6. The minimum Gasteiger partial charge on any atom is -0.490 e. The molecular formula is C16H24N4O3. The fourth-order valence-corrected chi connectivity index (χ4v) is 2.75. The Labute approximate surface area is 135 Å². The minimum atomic E-state index is -0.567. The second-order valence-corrected chi connectivity index (χ2v) is 5.35. The zero-order chi connectivity index (χ0) is 15.7. The van der Waals surface area contributed by atoms with E-state index in [1.165, 1.54) is 0 Å². The molecule has 7 heteroatoms. The third kappa shape index (κ3) is 3.16. The molecule has 0 aliphatic carbocycles. The molecule has 0 spiro atoms. The molecule has 0 bridgehead atoms. The first-order valence-corrected chi connectivity index (χ1v) is 7.42. The van der Waals surface area contributed by atoms with Crippen LogP contribution in [0.2, 0.25) is 0 Å². The average molecular weight is 320 g/mol. The number of carbonyl (C=O) groups is 1. The van der Waals surface area contributed by atoms with E-state index in [4.69, 9.17) is 4.74 Å². The van der Waals surface area contributed by atoms with Gasteiger partial charge in [-0.15, -0.1) is 0 Å². The molecule has 126 valence electrons. The molecule has 2 atom stereocenters. The lowest BCUT2D eigenvalue weighted by Crippen LogP contribution is -2.43. The summed E-state index contributed by atoms with van der Waals surface area (Å²) in [5, 5.41) is 15.7. The van der Waals surface area contributed by atoms with Crippen LogP contribution in [0.3, 0.4) is 0 Å². The molecule has 7 nitrogen and oxygen atoms in total. The van der Waals surface area contributed by atoms with Gasteiger partial charge in [0.1, 0.15) is 5.69 Å². The van der Waals surface area contributed by atoms with Crippen molar-refractivity contribution in [1.82, 2.24) is 20.0 Å². The zero-order valence-corrected chi connectivity index (χ0v) is 12.7. The van der Waals surface area contributed by atoms with Gasteiger partial charge in [0.25, 0.3) is 5.91 Å². The predicted octanol–water partition coefficient (Wildman–Crippen LogP) is 0.740. The molecule has 23 heavy (non-hydrogen) atoms. The summed E-state index contributed by atoms with van der Waals surface area (Å²) < 4.78 is 7.28. The molecule has 2 aromatic heterocycles. The normalized spacial score (nSPS) is 20.3. The molecule has 1 saturated heterocycles. The number of fused-ring (bicyclic) bond motifs is 1. The van der Waals surface area contributed by atoms with Gasteiger partial charge < -0.3 is 20.5 Å². The first kappa shape index (κ1) is 17.2. The van der Waals surface area contributed by atoms with Crippen LogP contribution >= 0.6 is 0 Å². The number of aromatic nitrogens is 2. The topological polar surface area (TPSA) is 87.9 Å². The zero-order valence-electron chi connectivity index (χ0n) is 12.7. The van der Waals surface area contributed by atoms with Crippen LogP contribution in [-0.2, 0) is 0 Å². The first-order valence-electron chi connectivity index (χ1n) is 7.42. The van der Waals surface area contributed by atoms with Crippen molar-refractivity contribution >= 4 is 11.6 Å². The summed E-state index contributed by atoms with van der Waals surface area (Å²) in [5.41, 5.74) is 1.72. The summed E-state index contributed by atoms with van der Waals surface area (Å²) >= 11 is 0. The Bertz CT molecular complexity index is 698. The number of pyridine rings is 1. The van der Waals surface area contributed by atoms with Crippen molar-refractivity contribution in [2.45, 2.75) is 33.4 Å². The lowest BCUT2D eigenvalue weighted by atomic mass is 10.2. The van der Waals surface area contributed by atoms with Gasteiger partial charge in [-0.2, -0.15) is 0 Å². The average Bonchev–Trinajstić information content (AvgIpc) is 3.03. The first-order chi connectivity index (χ1) is 10.6. The van der Waals surface area contributed by atoms with Crippen molar-refractivity contribution in [3.8, 4) is 5.75 Å². The molecule has 1 amide bonds. The molecular weight excluding hydrogens is 296 g/mol. The quantitative estimate of drug-likeness (QED) is 0.773. The second kappa shape index (κ2) is 6.97. The molecule has 3 N–H and O–H groups in total. The van der Waals surface area contributed by atoms with E-state index < -0.39 is 6.10 Å². The van der Waals surface area contributed by atoms with E-state index in [-0.39, 0.29) is 19.4 Å². The van der Waals surface area contributed by atoms with E-state index in [9.17, 15) is 9.90 Å². The highest BCUT2D eigenvalue weighted by atomic mass is 16.5. The van der Waals surface area contributed by atoms with Crippen LogP contribution in [0.1, 0.15) is 30.5 Å². The Morgan fingerprint density at radius 3 is 3.00 bits per heavy atom. The van der Waals surface area contributed by atoms with E-state index in [0.717, 1.165) is 0 Å². The van der Waals surface area contributed by atoms with E-state index in [1.54, 1.807) is 17.5 Å². The van der Waals surface area contributed by atoms with E-state index in [0.29, 0.717) is 42.5 Å².